The van der Waals surface area contributed by atoms with Gasteiger partial charge in [0.25, 0.3) is 0 Å². The summed E-state index contributed by atoms with van der Waals surface area (Å²) in [6.07, 6.45) is 1.16. The van der Waals surface area contributed by atoms with E-state index in [2.05, 4.69) is 35.7 Å². The van der Waals surface area contributed by atoms with Crippen molar-refractivity contribution in [1.82, 2.24) is 9.62 Å². The van der Waals surface area contributed by atoms with E-state index in [0.717, 1.165) is 40.0 Å². The van der Waals surface area contributed by atoms with E-state index in [1.807, 2.05) is 24.3 Å². The molecule has 2 aromatic carbocycles. The number of anilines is 1. The number of rotatable bonds is 9. The number of ether oxygens (including phenoxy) is 1. The summed E-state index contributed by atoms with van der Waals surface area (Å²) in [5.41, 5.74) is 1.41. The van der Waals surface area contributed by atoms with E-state index in [9.17, 15) is 13.2 Å². The molecule has 1 aromatic heterocycles. The Balaban J connectivity index is 2.24. The summed E-state index contributed by atoms with van der Waals surface area (Å²) >= 11 is 1.48. The maximum Gasteiger partial charge on any atom is 0.209 e. The van der Waals surface area contributed by atoms with Gasteiger partial charge < -0.3 is 10.1 Å². The fraction of sp³-hybridized carbons (Fsp3) is 0.409. The fourth-order valence-corrected chi connectivity index (χ4v) is 5.28. The molecular weight excluding hydrogens is 434 g/mol. The van der Waals surface area contributed by atoms with Crippen molar-refractivity contribution in [2.75, 3.05) is 31.8 Å². The zero-order valence-electron chi connectivity index (χ0n) is 18.5. The van der Waals surface area contributed by atoms with E-state index in [0.29, 0.717) is 16.5 Å². The molecule has 3 aromatic rings. The lowest BCUT2D eigenvalue weighted by Crippen LogP contribution is -2.38. The molecule has 2 N–H and O–H groups in total. The van der Waals surface area contributed by atoms with Gasteiger partial charge in [-0.25, -0.2) is 13.1 Å². The zero-order valence-corrected chi connectivity index (χ0v) is 20.1. The fourth-order valence-electron chi connectivity index (χ4n) is 3.67. The summed E-state index contributed by atoms with van der Waals surface area (Å²) < 4.78 is 32.7. The summed E-state index contributed by atoms with van der Waals surface area (Å²) in [6, 6.07) is 9.19. The number of nitrogens with one attached hydrogen (secondary N) is 2. The van der Waals surface area contributed by atoms with Gasteiger partial charge in [-0.2, -0.15) is 0 Å². The summed E-state index contributed by atoms with van der Waals surface area (Å²) in [6.45, 7) is 8.15. The molecule has 0 saturated heterocycles. The van der Waals surface area contributed by atoms with Crippen LogP contribution in [0, 0.1) is 0 Å². The second-order valence-corrected chi connectivity index (χ2v) is 10.3. The smallest absolute Gasteiger partial charge is 0.209 e. The monoisotopic (exact) mass is 463 g/mol. The molecule has 168 valence electrons. The quantitative estimate of drug-likeness (QED) is 0.373. The minimum atomic E-state index is -3.36. The van der Waals surface area contributed by atoms with Crippen LogP contribution in [0.25, 0.3) is 20.2 Å². The third-order valence-electron chi connectivity index (χ3n) is 5.36. The molecule has 0 aliphatic carbocycles. The largest absolute Gasteiger partial charge is 0.497 e. The maximum atomic E-state index is 13.6. The van der Waals surface area contributed by atoms with Crippen LogP contribution in [0.5, 0.6) is 5.75 Å². The Labute approximate surface area is 187 Å². The zero-order chi connectivity index (χ0) is 22.8. The lowest BCUT2D eigenvalue weighted by atomic mass is 10.1. The maximum absolute atomic E-state index is 13.6. The molecule has 31 heavy (non-hydrogen) atoms. The van der Waals surface area contributed by atoms with Crippen LogP contribution in [0.1, 0.15) is 26.3 Å². The summed E-state index contributed by atoms with van der Waals surface area (Å²) in [7, 11) is -1.79. The molecule has 0 bridgehead atoms. The van der Waals surface area contributed by atoms with E-state index in [-0.39, 0.29) is 18.1 Å². The van der Waals surface area contributed by atoms with Gasteiger partial charge in [-0.15, -0.1) is 11.3 Å². The molecule has 0 aliphatic rings. The van der Waals surface area contributed by atoms with Crippen molar-refractivity contribution < 1.29 is 13.2 Å². The molecule has 9 heteroatoms. The number of fused-ring (bicyclic) bond motifs is 2. The SMILES string of the molecule is CCN(CC)C(C)Nc1ccc(CNS(C)(=O)=O)c2sc3ccc(OC)cc3c(=O)c12. The van der Waals surface area contributed by atoms with Crippen molar-refractivity contribution in [3.8, 4) is 5.75 Å². The molecule has 3 rings (SSSR count). The van der Waals surface area contributed by atoms with E-state index in [4.69, 9.17) is 4.74 Å². The Morgan fingerprint density at radius 1 is 1.16 bits per heavy atom. The van der Waals surface area contributed by atoms with Gasteiger partial charge >= 0.3 is 0 Å². The summed E-state index contributed by atoms with van der Waals surface area (Å²) in [5.74, 6) is 0.622. The van der Waals surface area contributed by atoms with Crippen LogP contribution < -0.4 is 20.2 Å². The minimum Gasteiger partial charge on any atom is -0.497 e. The lowest BCUT2D eigenvalue weighted by molar-refractivity contribution is 0.253. The van der Waals surface area contributed by atoms with E-state index >= 15 is 0 Å². The van der Waals surface area contributed by atoms with Crippen LogP contribution in [0.3, 0.4) is 0 Å². The molecule has 0 amide bonds. The normalized spacial score (nSPS) is 13.1. The minimum absolute atomic E-state index is 0.0311. The standard InChI is InChI=1S/C22H29N3O4S2/c1-6-25(7-2)14(3)24-18-10-8-15(13-23-31(5,27)28)22-20(18)21(26)17-12-16(29-4)9-11-19(17)30-22/h8-12,14,23-24H,6-7,13H2,1-5H3. The molecule has 1 heterocycles. The predicted molar refractivity (Wildman–Crippen MR) is 130 cm³/mol. The number of methoxy groups -OCH3 is 1. The molecule has 1 unspecified atom stereocenters. The average Bonchev–Trinajstić information content (AvgIpc) is 2.73. The topological polar surface area (TPSA) is 87.7 Å². The van der Waals surface area contributed by atoms with E-state index in [1.54, 1.807) is 13.2 Å². The number of benzene rings is 2. The predicted octanol–water partition coefficient (Wildman–Crippen LogP) is 3.57. The van der Waals surface area contributed by atoms with E-state index in [1.165, 1.54) is 11.3 Å². The Morgan fingerprint density at radius 3 is 2.48 bits per heavy atom. The average molecular weight is 464 g/mol. The second kappa shape index (κ2) is 9.52. The van der Waals surface area contributed by atoms with Gasteiger partial charge in [0, 0.05) is 27.0 Å². The molecule has 0 saturated carbocycles. The first-order chi connectivity index (χ1) is 14.7. The van der Waals surface area contributed by atoms with Gasteiger partial charge in [-0.05, 0) is 49.8 Å². The van der Waals surface area contributed by atoms with Crippen molar-refractivity contribution in [3.05, 3.63) is 46.1 Å². The number of nitrogens with zero attached hydrogens (tertiary/aromatic N) is 1. The van der Waals surface area contributed by atoms with Crippen LogP contribution in [0.15, 0.2) is 35.1 Å². The van der Waals surface area contributed by atoms with Crippen LogP contribution in [0.2, 0.25) is 0 Å². The highest BCUT2D eigenvalue weighted by Crippen LogP contribution is 2.33. The molecule has 0 spiro atoms. The Kier molecular flexibility index (Phi) is 7.20. The molecule has 0 fully saturated rings. The molecule has 7 nitrogen and oxygen atoms in total. The second-order valence-electron chi connectivity index (χ2n) is 7.40. The summed E-state index contributed by atoms with van der Waals surface area (Å²) in [5, 5.41) is 4.64. The van der Waals surface area contributed by atoms with Gasteiger partial charge in [0.15, 0.2) is 5.43 Å². The van der Waals surface area contributed by atoms with Gasteiger partial charge in [0.05, 0.1) is 24.9 Å². The molecule has 0 aliphatic heterocycles. The summed E-state index contributed by atoms with van der Waals surface area (Å²) in [4.78, 5) is 15.8. The van der Waals surface area contributed by atoms with Crippen LogP contribution >= 0.6 is 11.3 Å². The number of hydrogen-bond acceptors (Lipinski definition) is 7. The van der Waals surface area contributed by atoms with Crippen molar-refractivity contribution in [1.29, 1.82) is 0 Å². The van der Waals surface area contributed by atoms with Gasteiger partial charge in [-0.1, -0.05) is 19.9 Å². The van der Waals surface area contributed by atoms with Crippen molar-refractivity contribution in [2.24, 2.45) is 0 Å². The van der Waals surface area contributed by atoms with Gasteiger partial charge in [-0.3, -0.25) is 9.69 Å². The third-order valence-corrected chi connectivity index (χ3v) is 7.27. The van der Waals surface area contributed by atoms with Crippen LogP contribution in [-0.2, 0) is 16.6 Å². The van der Waals surface area contributed by atoms with Gasteiger partial charge in [0.1, 0.15) is 5.75 Å². The lowest BCUT2D eigenvalue weighted by Gasteiger charge is -2.28. The first-order valence-electron chi connectivity index (χ1n) is 10.2. The third kappa shape index (κ3) is 5.17. The van der Waals surface area contributed by atoms with Gasteiger partial charge in [0.2, 0.25) is 10.0 Å². The Hall–Kier alpha value is -2.20. The van der Waals surface area contributed by atoms with Crippen molar-refractivity contribution in [3.63, 3.8) is 0 Å². The Morgan fingerprint density at radius 2 is 1.87 bits per heavy atom. The highest BCUT2D eigenvalue weighted by Gasteiger charge is 2.18. The highest BCUT2D eigenvalue weighted by atomic mass is 32.2. The van der Waals surface area contributed by atoms with Crippen molar-refractivity contribution >= 4 is 47.2 Å². The van der Waals surface area contributed by atoms with Crippen molar-refractivity contribution in [2.45, 2.75) is 33.5 Å². The molecular formula is C22H29N3O4S2. The molecule has 1 atom stereocenters. The molecule has 0 radical (unpaired) electrons. The first-order valence-corrected chi connectivity index (χ1v) is 12.9. The highest BCUT2D eigenvalue weighted by molar-refractivity contribution is 7.88. The van der Waals surface area contributed by atoms with Crippen LogP contribution in [-0.4, -0.2) is 45.9 Å². The first kappa shape index (κ1) is 23.5. The van der Waals surface area contributed by atoms with E-state index < -0.39 is 10.0 Å². The number of sulfonamides is 1. The van der Waals surface area contributed by atoms with Crippen LogP contribution in [0.4, 0.5) is 5.69 Å². The number of hydrogen-bond donors (Lipinski definition) is 2. The Bertz CT molecular complexity index is 1250.